The molecule has 0 bridgehead atoms. The number of benzene rings is 1. The van der Waals surface area contributed by atoms with E-state index in [0.29, 0.717) is 19.5 Å². The van der Waals surface area contributed by atoms with E-state index < -0.39 is 5.60 Å². The number of amides is 1. The van der Waals surface area contributed by atoms with Crippen LogP contribution in [0.25, 0.3) is 10.9 Å². The Labute approximate surface area is 177 Å². The Kier molecular flexibility index (Phi) is 4.89. The van der Waals surface area contributed by atoms with Gasteiger partial charge in [0.05, 0.1) is 5.92 Å². The van der Waals surface area contributed by atoms with E-state index in [0.717, 1.165) is 19.4 Å². The summed E-state index contributed by atoms with van der Waals surface area (Å²) in [5.41, 5.74) is 7.90. The van der Waals surface area contributed by atoms with Gasteiger partial charge in [0.1, 0.15) is 12.3 Å². The van der Waals surface area contributed by atoms with Gasteiger partial charge in [-0.2, -0.15) is 5.01 Å². The van der Waals surface area contributed by atoms with Crippen molar-refractivity contribution in [3.05, 3.63) is 35.0 Å². The van der Waals surface area contributed by atoms with Gasteiger partial charge in [0.2, 0.25) is 5.91 Å². The first-order valence-electron chi connectivity index (χ1n) is 11.1. The molecule has 0 radical (unpaired) electrons. The average Bonchev–Trinajstić information content (AvgIpc) is 3.35. The normalized spacial score (nSPS) is 28.0. The number of hydrogen-bond acceptors (Lipinski definition) is 5. The van der Waals surface area contributed by atoms with E-state index in [2.05, 4.69) is 40.1 Å². The van der Waals surface area contributed by atoms with Crippen molar-refractivity contribution < 1.29 is 14.6 Å². The van der Waals surface area contributed by atoms with E-state index in [1.807, 2.05) is 6.92 Å². The molecule has 7 heteroatoms. The summed E-state index contributed by atoms with van der Waals surface area (Å²) in [5, 5.41) is 12.3. The van der Waals surface area contributed by atoms with Crippen LogP contribution < -0.4 is 5.43 Å². The van der Waals surface area contributed by atoms with E-state index in [9.17, 15) is 9.90 Å². The molecule has 2 aromatic rings. The maximum Gasteiger partial charge on any atom is 0.238 e. The number of methoxy groups -OCH3 is 1. The molecule has 3 unspecified atom stereocenters. The Hall–Kier alpha value is -1.93. The molecule has 2 N–H and O–H groups in total. The van der Waals surface area contributed by atoms with Gasteiger partial charge in [-0.05, 0) is 49.9 Å². The van der Waals surface area contributed by atoms with E-state index in [-0.39, 0.29) is 24.6 Å². The first kappa shape index (κ1) is 20.0. The number of piperidine rings is 1. The smallest absolute Gasteiger partial charge is 0.238 e. The molecule has 7 nitrogen and oxygen atoms in total. The fourth-order valence-electron chi connectivity index (χ4n) is 6.22. The number of hydrogen-bond donors (Lipinski definition) is 2. The van der Waals surface area contributed by atoms with Crippen LogP contribution in [0.1, 0.15) is 36.6 Å². The standard InChI is InChI=1S/C23H32N4O3/c1-4-26(14-28)24-22(29)15-12-23(30-3)17-7-5-8-19-21(17)16(11-20(23)25(2)13-15)18-9-6-10-27(18)19/h5,7-8,15,20,28H,4,6,9-14H2,1-3H3,(H,24,29). The number of aryl methyl sites for hydroxylation is 1. The molecule has 1 amide bonds. The summed E-state index contributed by atoms with van der Waals surface area (Å²) in [4.78, 5) is 15.4. The largest absolute Gasteiger partial charge is 0.379 e. The molecule has 1 aliphatic carbocycles. The first-order valence-corrected chi connectivity index (χ1v) is 11.1. The van der Waals surface area contributed by atoms with Gasteiger partial charge in [-0.1, -0.05) is 19.1 Å². The van der Waals surface area contributed by atoms with E-state index >= 15 is 0 Å². The number of aliphatic hydroxyl groups excluding tert-OH is 1. The number of ether oxygens (including phenoxy) is 1. The molecule has 1 aromatic carbocycles. The Morgan fingerprint density at radius 3 is 3.00 bits per heavy atom. The van der Waals surface area contributed by atoms with Crippen molar-refractivity contribution in [3.63, 3.8) is 0 Å². The molecule has 162 valence electrons. The summed E-state index contributed by atoms with van der Waals surface area (Å²) in [6.07, 6.45) is 3.98. The lowest BCUT2D eigenvalue weighted by Gasteiger charge is -2.52. The SMILES string of the molecule is CCN(CO)NC(=O)C1CN(C)C2Cc3c4n(c5cccc(c35)C2(OC)C1)CCC4. The lowest BCUT2D eigenvalue weighted by molar-refractivity contribution is -0.152. The third-order valence-electron chi connectivity index (χ3n) is 7.64. The predicted octanol–water partition coefficient (Wildman–Crippen LogP) is 1.61. The maximum absolute atomic E-state index is 13.1. The minimum absolute atomic E-state index is 0.0510. The van der Waals surface area contributed by atoms with Gasteiger partial charge in [0.15, 0.2) is 0 Å². The molecule has 3 aliphatic rings. The summed E-state index contributed by atoms with van der Waals surface area (Å²) in [5.74, 6) is -0.261. The summed E-state index contributed by atoms with van der Waals surface area (Å²) in [6, 6.07) is 6.79. The first-order chi connectivity index (χ1) is 14.5. The topological polar surface area (TPSA) is 70.0 Å². The van der Waals surface area contributed by atoms with Gasteiger partial charge < -0.3 is 14.4 Å². The highest BCUT2D eigenvalue weighted by Gasteiger charge is 2.53. The number of aliphatic hydroxyl groups is 1. The number of nitrogens with zero attached hydrogens (tertiary/aromatic N) is 3. The lowest BCUT2D eigenvalue weighted by atomic mass is 9.68. The van der Waals surface area contributed by atoms with Crippen molar-refractivity contribution in [2.75, 3.05) is 34.0 Å². The van der Waals surface area contributed by atoms with Crippen LogP contribution >= 0.6 is 0 Å². The molecular weight excluding hydrogens is 380 g/mol. The summed E-state index contributed by atoms with van der Waals surface area (Å²) >= 11 is 0. The van der Waals surface area contributed by atoms with Crippen LogP contribution in [-0.4, -0.2) is 65.5 Å². The van der Waals surface area contributed by atoms with Crippen molar-refractivity contribution in [2.24, 2.45) is 5.92 Å². The number of likely N-dealkylation sites (tertiary alicyclic amines) is 1. The van der Waals surface area contributed by atoms with Gasteiger partial charge in [-0.25, -0.2) is 0 Å². The second kappa shape index (κ2) is 7.34. The van der Waals surface area contributed by atoms with Crippen molar-refractivity contribution in [1.29, 1.82) is 0 Å². The van der Waals surface area contributed by atoms with Crippen molar-refractivity contribution in [1.82, 2.24) is 19.9 Å². The number of carbonyl (C=O) groups is 1. The van der Waals surface area contributed by atoms with Crippen LogP contribution in [0.5, 0.6) is 0 Å². The number of aromatic nitrogens is 1. The third kappa shape index (κ3) is 2.69. The number of nitrogens with one attached hydrogen (secondary N) is 1. The summed E-state index contributed by atoms with van der Waals surface area (Å²) in [7, 11) is 3.91. The van der Waals surface area contributed by atoms with Crippen molar-refractivity contribution in [2.45, 2.75) is 50.8 Å². The second-order valence-electron chi connectivity index (χ2n) is 9.01. The number of hydrazine groups is 1. The number of likely N-dealkylation sites (N-methyl/N-ethyl adjacent to an activating group) is 1. The fraction of sp³-hybridized carbons (Fsp3) is 0.609. The van der Waals surface area contributed by atoms with E-state index in [4.69, 9.17) is 4.74 Å². The predicted molar refractivity (Wildman–Crippen MR) is 115 cm³/mol. The van der Waals surface area contributed by atoms with E-state index in [1.165, 1.54) is 39.2 Å². The Balaban J connectivity index is 1.58. The minimum atomic E-state index is -0.513. The molecule has 2 aliphatic heterocycles. The van der Waals surface area contributed by atoms with Crippen LogP contribution in [0, 0.1) is 5.92 Å². The molecule has 3 atom stereocenters. The van der Waals surface area contributed by atoms with Crippen molar-refractivity contribution >= 4 is 16.8 Å². The zero-order chi connectivity index (χ0) is 21.0. The number of fused-ring (bicyclic) bond motifs is 5. The molecule has 1 fully saturated rings. The monoisotopic (exact) mass is 412 g/mol. The van der Waals surface area contributed by atoms with E-state index in [1.54, 1.807) is 7.11 Å². The zero-order valence-electron chi connectivity index (χ0n) is 18.1. The summed E-state index contributed by atoms with van der Waals surface area (Å²) in [6.45, 7) is 4.05. The maximum atomic E-state index is 13.1. The minimum Gasteiger partial charge on any atom is -0.379 e. The van der Waals surface area contributed by atoms with Gasteiger partial charge >= 0.3 is 0 Å². The highest BCUT2D eigenvalue weighted by Crippen LogP contribution is 2.51. The second-order valence-corrected chi connectivity index (χ2v) is 9.01. The van der Waals surface area contributed by atoms with Crippen LogP contribution in [-0.2, 0) is 34.5 Å². The van der Waals surface area contributed by atoms with Gasteiger partial charge in [-0.15, -0.1) is 0 Å². The number of carbonyl (C=O) groups excluding carboxylic acids is 1. The molecular formula is C23H32N4O3. The molecule has 0 spiro atoms. The molecule has 3 heterocycles. The highest BCUT2D eigenvalue weighted by molar-refractivity contribution is 5.91. The molecule has 5 rings (SSSR count). The lowest BCUT2D eigenvalue weighted by Crippen LogP contribution is -2.62. The summed E-state index contributed by atoms with van der Waals surface area (Å²) < 4.78 is 8.84. The van der Waals surface area contributed by atoms with Gasteiger partial charge in [0.25, 0.3) is 0 Å². The fourth-order valence-corrected chi connectivity index (χ4v) is 6.22. The Bertz CT molecular complexity index is 982. The Morgan fingerprint density at radius 2 is 2.27 bits per heavy atom. The van der Waals surface area contributed by atoms with Crippen LogP contribution in [0.15, 0.2) is 18.2 Å². The zero-order valence-corrected chi connectivity index (χ0v) is 18.1. The quantitative estimate of drug-likeness (QED) is 0.577. The third-order valence-corrected chi connectivity index (χ3v) is 7.64. The molecule has 1 saturated heterocycles. The number of rotatable bonds is 5. The van der Waals surface area contributed by atoms with Gasteiger partial charge in [0, 0.05) is 49.4 Å². The van der Waals surface area contributed by atoms with Crippen LogP contribution in [0.3, 0.4) is 0 Å². The molecule has 1 aromatic heterocycles. The average molecular weight is 413 g/mol. The van der Waals surface area contributed by atoms with Crippen LogP contribution in [0.4, 0.5) is 0 Å². The molecule has 0 saturated carbocycles. The van der Waals surface area contributed by atoms with Gasteiger partial charge in [-0.3, -0.25) is 15.1 Å². The highest BCUT2D eigenvalue weighted by atomic mass is 16.5. The molecule has 30 heavy (non-hydrogen) atoms. The Morgan fingerprint density at radius 1 is 1.43 bits per heavy atom. The van der Waals surface area contributed by atoms with Crippen molar-refractivity contribution in [3.8, 4) is 0 Å². The van der Waals surface area contributed by atoms with Crippen LogP contribution in [0.2, 0.25) is 0 Å².